The number of nitrogens with zero attached hydrogens (tertiary/aromatic N) is 3. The third-order valence-corrected chi connectivity index (χ3v) is 4.61. The molecule has 2 heterocycles. The number of esters is 1. The van der Waals surface area contributed by atoms with Gasteiger partial charge in [-0.25, -0.2) is 4.68 Å². The van der Waals surface area contributed by atoms with Gasteiger partial charge in [-0.15, -0.1) is 0 Å². The molecule has 3 aromatic rings. The van der Waals surface area contributed by atoms with Gasteiger partial charge in [0.15, 0.2) is 6.61 Å². The molecule has 1 aromatic carbocycles. The maximum Gasteiger partial charge on any atom is 0.326 e. The highest BCUT2D eigenvalue weighted by atomic mass is 32.1. The third kappa shape index (κ3) is 4.50. The number of nitrogens with one attached hydrogen (secondary N) is 1. The number of rotatable bonds is 6. The predicted molar refractivity (Wildman–Crippen MR) is 101 cm³/mol. The number of hydrogen-bond donors (Lipinski definition) is 1. The highest BCUT2D eigenvalue weighted by Gasteiger charge is 2.14. The molecule has 3 rings (SSSR count). The summed E-state index contributed by atoms with van der Waals surface area (Å²) in [7, 11) is 0. The second kappa shape index (κ2) is 8.00. The van der Waals surface area contributed by atoms with Gasteiger partial charge >= 0.3 is 10.8 Å². The molecule has 8 nitrogen and oxygen atoms in total. The Morgan fingerprint density at radius 1 is 1.22 bits per heavy atom. The van der Waals surface area contributed by atoms with E-state index in [4.69, 9.17) is 4.74 Å². The normalized spacial score (nSPS) is 10.6. The Hall–Kier alpha value is -3.20. The van der Waals surface area contributed by atoms with Gasteiger partial charge in [0.2, 0.25) is 0 Å². The van der Waals surface area contributed by atoms with Gasteiger partial charge in [0, 0.05) is 17.1 Å². The second-order valence-corrected chi connectivity index (χ2v) is 6.68. The summed E-state index contributed by atoms with van der Waals surface area (Å²) >= 11 is 1.01. The molecule has 27 heavy (non-hydrogen) atoms. The van der Waals surface area contributed by atoms with E-state index in [0.717, 1.165) is 22.7 Å². The van der Waals surface area contributed by atoms with Crippen molar-refractivity contribution in [3.8, 4) is 5.69 Å². The Morgan fingerprint density at radius 3 is 2.63 bits per heavy atom. The van der Waals surface area contributed by atoms with E-state index in [1.807, 2.05) is 37.3 Å². The lowest BCUT2D eigenvalue weighted by molar-refractivity contribution is -0.147. The molecule has 0 aliphatic heterocycles. The quantitative estimate of drug-likeness (QED) is 0.653. The Bertz CT molecular complexity index is 1020. The summed E-state index contributed by atoms with van der Waals surface area (Å²) in [6, 6.07) is 11.1. The minimum Gasteiger partial charge on any atom is -0.454 e. The van der Waals surface area contributed by atoms with E-state index in [1.54, 1.807) is 23.1 Å². The Labute approximate surface area is 159 Å². The minimum atomic E-state index is -0.651. The van der Waals surface area contributed by atoms with Gasteiger partial charge in [-0.3, -0.25) is 19.0 Å². The maximum atomic E-state index is 12.2. The van der Waals surface area contributed by atoms with Crippen LogP contribution in [0.1, 0.15) is 11.4 Å². The molecule has 2 aromatic heterocycles. The summed E-state index contributed by atoms with van der Waals surface area (Å²) < 4.78 is 7.88. The fourth-order valence-electron chi connectivity index (χ4n) is 2.45. The van der Waals surface area contributed by atoms with Crippen molar-refractivity contribution in [2.45, 2.75) is 20.4 Å². The molecule has 0 aliphatic rings. The standard InChI is InChI=1S/C18H18N4O4S/c1-12-8-15(22(20-12)14-6-4-3-5-7-14)19-16(23)10-26-17(24)9-21-13(2)11-27-18(21)25/h3-8,11H,9-10H2,1-2H3,(H,19,23). The summed E-state index contributed by atoms with van der Waals surface area (Å²) in [4.78, 5) is 35.4. The monoisotopic (exact) mass is 386 g/mol. The molecule has 0 bridgehead atoms. The lowest BCUT2D eigenvalue weighted by Crippen LogP contribution is -2.26. The summed E-state index contributed by atoms with van der Waals surface area (Å²) in [5.41, 5.74) is 2.21. The number of carbonyl (C=O) groups is 2. The van der Waals surface area contributed by atoms with E-state index in [2.05, 4.69) is 10.4 Å². The second-order valence-electron chi connectivity index (χ2n) is 5.86. The molecule has 140 valence electrons. The Morgan fingerprint density at radius 2 is 1.96 bits per heavy atom. The zero-order valence-corrected chi connectivity index (χ0v) is 15.7. The van der Waals surface area contributed by atoms with Crippen molar-refractivity contribution in [3.05, 3.63) is 62.8 Å². The van der Waals surface area contributed by atoms with Crippen molar-refractivity contribution in [1.29, 1.82) is 0 Å². The van der Waals surface area contributed by atoms with Crippen LogP contribution in [0, 0.1) is 13.8 Å². The number of aromatic nitrogens is 3. The number of carbonyl (C=O) groups excluding carboxylic acids is 2. The summed E-state index contributed by atoms with van der Waals surface area (Å²) in [5.74, 6) is -0.666. The van der Waals surface area contributed by atoms with E-state index >= 15 is 0 Å². The zero-order chi connectivity index (χ0) is 19.4. The first-order valence-corrected chi connectivity index (χ1v) is 9.04. The van der Waals surface area contributed by atoms with Crippen molar-refractivity contribution in [2.24, 2.45) is 0 Å². The largest absolute Gasteiger partial charge is 0.454 e. The van der Waals surface area contributed by atoms with Gasteiger partial charge in [0.25, 0.3) is 5.91 Å². The van der Waals surface area contributed by atoms with Gasteiger partial charge in [-0.2, -0.15) is 5.10 Å². The molecule has 0 unspecified atom stereocenters. The molecule has 0 radical (unpaired) electrons. The predicted octanol–water partition coefficient (Wildman–Crippen LogP) is 1.89. The number of amides is 1. The van der Waals surface area contributed by atoms with Crippen LogP contribution in [-0.2, 0) is 20.9 Å². The minimum absolute atomic E-state index is 0.220. The highest BCUT2D eigenvalue weighted by molar-refractivity contribution is 7.07. The van der Waals surface area contributed by atoms with Crippen molar-refractivity contribution in [2.75, 3.05) is 11.9 Å². The van der Waals surface area contributed by atoms with Crippen LogP contribution in [0.5, 0.6) is 0 Å². The fourth-order valence-corrected chi connectivity index (χ4v) is 3.18. The van der Waals surface area contributed by atoms with Crippen molar-refractivity contribution in [3.63, 3.8) is 0 Å². The summed E-state index contributed by atoms with van der Waals surface area (Å²) in [6.07, 6.45) is 0. The van der Waals surface area contributed by atoms with Gasteiger partial charge in [-0.1, -0.05) is 29.5 Å². The van der Waals surface area contributed by atoms with Crippen LogP contribution in [0.4, 0.5) is 5.82 Å². The lowest BCUT2D eigenvalue weighted by Gasteiger charge is -2.09. The number of ether oxygens (including phenoxy) is 1. The van der Waals surface area contributed by atoms with Gasteiger partial charge in [0.05, 0.1) is 11.4 Å². The van der Waals surface area contributed by atoms with Crippen molar-refractivity contribution in [1.82, 2.24) is 14.3 Å². The van der Waals surface area contributed by atoms with Gasteiger partial charge in [-0.05, 0) is 26.0 Å². The maximum absolute atomic E-state index is 12.2. The smallest absolute Gasteiger partial charge is 0.326 e. The van der Waals surface area contributed by atoms with Crippen molar-refractivity contribution < 1.29 is 14.3 Å². The number of para-hydroxylation sites is 1. The Kier molecular flexibility index (Phi) is 5.51. The zero-order valence-electron chi connectivity index (χ0n) is 14.8. The topological polar surface area (TPSA) is 95.2 Å². The lowest BCUT2D eigenvalue weighted by atomic mass is 10.3. The molecular formula is C18H18N4O4S. The van der Waals surface area contributed by atoms with Gasteiger partial charge in [0.1, 0.15) is 12.4 Å². The third-order valence-electron chi connectivity index (χ3n) is 3.73. The first-order valence-electron chi connectivity index (χ1n) is 8.16. The molecule has 0 spiro atoms. The molecule has 0 fully saturated rings. The van der Waals surface area contributed by atoms with Crippen LogP contribution in [0.15, 0.2) is 46.6 Å². The molecule has 9 heteroatoms. The first-order chi connectivity index (χ1) is 12.9. The van der Waals surface area contributed by atoms with Crippen LogP contribution in [-0.4, -0.2) is 32.8 Å². The van der Waals surface area contributed by atoms with Crippen molar-refractivity contribution >= 4 is 29.0 Å². The van der Waals surface area contributed by atoms with Crippen LogP contribution < -0.4 is 10.2 Å². The fraction of sp³-hybridized carbons (Fsp3) is 0.222. The average Bonchev–Trinajstić information content (AvgIpc) is 3.17. The van der Waals surface area contributed by atoms with E-state index in [0.29, 0.717) is 11.5 Å². The van der Waals surface area contributed by atoms with E-state index in [-0.39, 0.29) is 11.4 Å². The average molecular weight is 386 g/mol. The van der Waals surface area contributed by atoms with Crippen LogP contribution >= 0.6 is 11.3 Å². The summed E-state index contributed by atoms with van der Waals surface area (Å²) in [6.45, 7) is 2.87. The van der Waals surface area contributed by atoms with Crippen LogP contribution in [0.25, 0.3) is 5.69 Å². The van der Waals surface area contributed by atoms with Crippen LogP contribution in [0.3, 0.4) is 0 Å². The molecule has 0 saturated carbocycles. The molecule has 0 saturated heterocycles. The molecule has 1 N–H and O–H groups in total. The summed E-state index contributed by atoms with van der Waals surface area (Å²) in [5, 5.41) is 8.70. The van der Waals surface area contributed by atoms with E-state index in [9.17, 15) is 14.4 Å². The molecule has 0 atom stereocenters. The number of hydrogen-bond acceptors (Lipinski definition) is 6. The molecular weight excluding hydrogens is 368 g/mol. The Balaban J connectivity index is 1.60. The van der Waals surface area contributed by atoms with E-state index in [1.165, 1.54) is 4.57 Å². The number of thiazole rings is 1. The van der Waals surface area contributed by atoms with Crippen LogP contribution in [0.2, 0.25) is 0 Å². The number of benzene rings is 1. The number of anilines is 1. The first kappa shape index (κ1) is 18.6. The van der Waals surface area contributed by atoms with E-state index < -0.39 is 18.5 Å². The molecule has 1 amide bonds. The highest BCUT2D eigenvalue weighted by Crippen LogP contribution is 2.16. The number of aryl methyl sites for hydroxylation is 2. The van der Waals surface area contributed by atoms with Gasteiger partial charge < -0.3 is 10.1 Å². The SMILES string of the molecule is Cc1cc(NC(=O)COC(=O)Cn2c(C)csc2=O)n(-c2ccccc2)n1. The molecule has 0 aliphatic carbocycles.